The summed E-state index contributed by atoms with van der Waals surface area (Å²) in [5.41, 5.74) is 1.66. The van der Waals surface area contributed by atoms with Gasteiger partial charge in [-0.25, -0.2) is 8.42 Å². The van der Waals surface area contributed by atoms with E-state index in [0.717, 1.165) is 5.56 Å². The number of carbonyl (C=O) groups is 1. The van der Waals surface area contributed by atoms with Crippen LogP contribution < -0.4 is 9.64 Å². The molecule has 0 bridgehead atoms. The average molecular weight is 473 g/mol. The van der Waals surface area contributed by atoms with Gasteiger partial charge in [-0.2, -0.15) is 4.31 Å². The Kier molecular flexibility index (Phi) is 7.91. The smallest absolute Gasteiger partial charge is 0.243 e. The molecule has 1 amide bonds. The van der Waals surface area contributed by atoms with Crippen molar-refractivity contribution in [2.45, 2.75) is 31.4 Å². The second kappa shape index (κ2) is 10.7. The minimum absolute atomic E-state index is 0.0215. The predicted octanol–water partition coefficient (Wildman–Crippen LogP) is 3.20. The van der Waals surface area contributed by atoms with Crippen molar-refractivity contribution in [3.05, 3.63) is 78.3 Å². The topological polar surface area (TPSA) is 100 Å². The number of benzene rings is 2. The Morgan fingerprint density at radius 2 is 1.76 bits per heavy atom. The molecule has 9 heteroatoms. The van der Waals surface area contributed by atoms with Crippen molar-refractivity contribution in [2.75, 3.05) is 25.1 Å². The number of nitrogens with zero attached hydrogens (tertiary/aromatic N) is 2. The number of sulfonamides is 1. The van der Waals surface area contributed by atoms with E-state index in [9.17, 15) is 18.3 Å². The Morgan fingerprint density at radius 3 is 2.33 bits per heavy atom. The molecule has 0 saturated heterocycles. The van der Waals surface area contributed by atoms with Crippen molar-refractivity contribution >= 4 is 21.6 Å². The molecule has 0 aliphatic rings. The third-order valence-electron chi connectivity index (χ3n) is 5.12. The van der Waals surface area contributed by atoms with Crippen LogP contribution in [0.5, 0.6) is 5.75 Å². The zero-order valence-corrected chi connectivity index (χ0v) is 19.7. The quantitative estimate of drug-likeness (QED) is 0.486. The van der Waals surface area contributed by atoms with Gasteiger partial charge >= 0.3 is 0 Å². The van der Waals surface area contributed by atoms with Crippen LogP contribution >= 0.6 is 0 Å². The first-order valence-electron chi connectivity index (χ1n) is 10.4. The normalized spacial score (nSPS) is 12.5. The first kappa shape index (κ1) is 24.5. The summed E-state index contributed by atoms with van der Waals surface area (Å²) in [5, 5.41) is 10.6. The van der Waals surface area contributed by atoms with E-state index in [2.05, 4.69) is 0 Å². The zero-order chi connectivity index (χ0) is 24.0. The van der Waals surface area contributed by atoms with Crippen LogP contribution in [0, 0.1) is 6.92 Å². The SMILES string of the molecule is CC(=O)N(C)c1ccc(OC[C@@H](O)CN(Cc2ccco2)S(=O)(=O)c2ccc(C)cc2)cc1. The third kappa shape index (κ3) is 6.44. The highest BCUT2D eigenvalue weighted by Gasteiger charge is 2.28. The van der Waals surface area contributed by atoms with E-state index < -0.39 is 16.1 Å². The van der Waals surface area contributed by atoms with Gasteiger partial charge in [0.25, 0.3) is 0 Å². The number of rotatable bonds is 10. The maximum atomic E-state index is 13.2. The first-order valence-corrected chi connectivity index (χ1v) is 11.9. The van der Waals surface area contributed by atoms with Crippen LogP contribution in [-0.2, 0) is 21.4 Å². The van der Waals surface area contributed by atoms with E-state index in [1.807, 2.05) is 6.92 Å². The fraction of sp³-hybridized carbons (Fsp3) is 0.292. The van der Waals surface area contributed by atoms with Crippen molar-refractivity contribution in [3.8, 4) is 5.75 Å². The lowest BCUT2D eigenvalue weighted by atomic mass is 10.2. The Bertz CT molecular complexity index is 1140. The van der Waals surface area contributed by atoms with E-state index >= 15 is 0 Å². The van der Waals surface area contributed by atoms with Gasteiger partial charge in [0.1, 0.15) is 24.2 Å². The summed E-state index contributed by atoms with van der Waals surface area (Å²) in [5.74, 6) is 0.864. The lowest BCUT2D eigenvalue weighted by Crippen LogP contribution is -2.39. The summed E-state index contributed by atoms with van der Waals surface area (Å²) >= 11 is 0. The fourth-order valence-corrected chi connectivity index (χ4v) is 4.55. The fourth-order valence-electron chi connectivity index (χ4n) is 3.11. The number of amides is 1. The van der Waals surface area contributed by atoms with Gasteiger partial charge in [-0.1, -0.05) is 17.7 Å². The second-order valence-corrected chi connectivity index (χ2v) is 9.66. The van der Waals surface area contributed by atoms with Crippen LogP contribution in [0.1, 0.15) is 18.2 Å². The highest BCUT2D eigenvalue weighted by molar-refractivity contribution is 7.89. The van der Waals surface area contributed by atoms with Gasteiger partial charge in [0.05, 0.1) is 17.7 Å². The van der Waals surface area contributed by atoms with Crippen LogP contribution in [0.3, 0.4) is 0 Å². The van der Waals surface area contributed by atoms with E-state index in [4.69, 9.17) is 9.15 Å². The van der Waals surface area contributed by atoms with E-state index in [0.29, 0.717) is 17.2 Å². The lowest BCUT2D eigenvalue weighted by Gasteiger charge is -2.24. The van der Waals surface area contributed by atoms with E-state index in [-0.39, 0.29) is 30.5 Å². The minimum Gasteiger partial charge on any atom is -0.491 e. The molecule has 0 spiro atoms. The molecule has 1 aromatic heterocycles. The summed E-state index contributed by atoms with van der Waals surface area (Å²) in [6.45, 7) is 3.04. The summed E-state index contributed by atoms with van der Waals surface area (Å²) in [4.78, 5) is 13.1. The van der Waals surface area contributed by atoms with Crippen molar-refractivity contribution in [3.63, 3.8) is 0 Å². The van der Waals surface area contributed by atoms with Gasteiger partial charge in [0, 0.05) is 26.2 Å². The summed E-state index contributed by atoms with van der Waals surface area (Å²) in [6, 6.07) is 16.7. The zero-order valence-electron chi connectivity index (χ0n) is 18.8. The Morgan fingerprint density at radius 1 is 1.09 bits per heavy atom. The minimum atomic E-state index is -3.87. The summed E-state index contributed by atoms with van der Waals surface area (Å²) < 4.78 is 38.6. The van der Waals surface area contributed by atoms with Gasteiger partial charge in [-0.05, 0) is 55.5 Å². The predicted molar refractivity (Wildman–Crippen MR) is 125 cm³/mol. The number of aliphatic hydroxyl groups excluding tert-OH is 1. The van der Waals surface area contributed by atoms with Gasteiger partial charge in [-0.15, -0.1) is 0 Å². The van der Waals surface area contributed by atoms with Crippen molar-refractivity contribution in [1.82, 2.24) is 4.31 Å². The summed E-state index contributed by atoms with van der Waals surface area (Å²) in [7, 11) is -2.20. The van der Waals surface area contributed by atoms with E-state index in [1.165, 1.54) is 22.4 Å². The number of aliphatic hydroxyl groups is 1. The molecule has 1 heterocycles. The number of aryl methyl sites for hydroxylation is 1. The highest BCUT2D eigenvalue weighted by atomic mass is 32.2. The molecule has 0 aliphatic heterocycles. The number of hydrogen-bond donors (Lipinski definition) is 1. The van der Waals surface area contributed by atoms with Crippen LogP contribution in [0.4, 0.5) is 5.69 Å². The Labute approximate surface area is 194 Å². The standard InChI is InChI=1S/C24H28N2O6S/c1-18-6-12-24(13-7-18)33(29,30)26(16-23-5-4-14-31-23)15-21(28)17-32-22-10-8-20(9-11-22)25(3)19(2)27/h4-14,21,28H,15-17H2,1-3H3/t21-/m0/s1. The molecule has 0 unspecified atom stereocenters. The monoisotopic (exact) mass is 472 g/mol. The third-order valence-corrected chi connectivity index (χ3v) is 6.95. The van der Waals surface area contributed by atoms with Crippen LogP contribution in [0.2, 0.25) is 0 Å². The largest absolute Gasteiger partial charge is 0.491 e. The van der Waals surface area contributed by atoms with Gasteiger partial charge in [0.15, 0.2) is 0 Å². The molecular weight excluding hydrogens is 444 g/mol. The molecule has 1 atom stereocenters. The molecule has 2 aromatic carbocycles. The average Bonchev–Trinajstić information content (AvgIpc) is 3.30. The Balaban J connectivity index is 1.69. The van der Waals surface area contributed by atoms with Crippen molar-refractivity contribution in [2.24, 2.45) is 0 Å². The van der Waals surface area contributed by atoms with Crippen LogP contribution in [0.15, 0.2) is 76.2 Å². The lowest BCUT2D eigenvalue weighted by molar-refractivity contribution is -0.116. The molecular formula is C24H28N2O6S. The van der Waals surface area contributed by atoms with E-state index in [1.54, 1.807) is 67.7 Å². The maximum absolute atomic E-state index is 13.2. The molecule has 8 nitrogen and oxygen atoms in total. The highest BCUT2D eigenvalue weighted by Crippen LogP contribution is 2.21. The molecule has 176 valence electrons. The molecule has 0 radical (unpaired) electrons. The molecule has 3 aromatic rings. The Hall–Kier alpha value is -3.14. The number of carbonyl (C=O) groups excluding carboxylic acids is 1. The van der Waals surface area contributed by atoms with Crippen molar-refractivity contribution in [1.29, 1.82) is 0 Å². The molecule has 0 fully saturated rings. The number of hydrogen-bond acceptors (Lipinski definition) is 6. The second-order valence-electron chi connectivity index (χ2n) is 7.73. The van der Waals surface area contributed by atoms with Gasteiger partial charge < -0.3 is 19.2 Å². The van der Waals surface area contributed by atoms with Crippen molar-refractivity contribution < 1.29 is 27.5 Å². The molecule has 1 N–H and O–H groups in total. The van der Waals surface area contributed by atoms with Crippen LogP contribution in [0.25, 0.3) is 0 Å². The number of anilines is 1. The molecule has 3 rings (SSSR count). The van der Waals surface area contributed by atoms with Gasteiger partial charge in [0.2, 0.25) is 15.9 Å². The molecule has 0 saturated carbocycles. The molecule has 0 aliphatic carbocycles. The number of ether oxygens (including phenoxy) is 1. The summed E-state index contributed by atoms with van der Waals surface area (Å²) in [6.07, 6.45) is 0.387. The molecule has 33 heavy (non-hydrogen) atoms. The first-order chi connectivity index (χ1) is 15.7. The maximum Gasteiger partial charge on any atom is 0.243 e. The van der Waals surface area contributed by atoms with Gasteiger partial charge in [-0.3, -0.25) is 4.79 Å². The van der Waals surface area contributed by atoms with Crippen LogP contribution in [-0.4, -0.2) is 50.0 Å². The number of furan rings is 1.